The maximum Gasteiger partial charge on any atom is 0.253 e. The van der Waals surface area contributed by atoms with Crippen LogP contribution in [0.2, 0.25) is 0 Å². The number of amides is 1. The molecule has 1 amide bonds. The monoisotopic (exact) mass is 354 g/mol. The van der Waals surface area contributed by atoms with Crippen molar-refractivity contribution in [2.24, 2.45) is 0 Å². The first-order valence-corrected chi connectivity index (χ1v) is 9.76. The molecule has 4 nitrogen and oxygen atoms in total. The van der Waals surface area contributed by atoms with Crippen LogP contribution in [0.15, 0.2) is 53.4 Å². The number of benzene rings is 2. The average Bonchev–Trinajstić information content (AvgIpc) is 2.69. The lowest BCUT2D eigenvalue weighted by atomic mass is 10.0. The molecule has 0 unspecified atom stereocenters. The maximum absolute atomic E-state index is 13.0. The van der Waals surface area contributed by atoms with Crippen LogP contribution in [-0.4, -0.2) is 38.0 Å². The molecule has 1 saturated heterocycles. The summed E-state index contributed by atoms with van der Waals surface area (Å²) < 4.78 is 5.44. The molecule has 0 spiro atoms. The summed E-state index contributed by atoms with van der Waals surface area (Å²) in [7, 11) is 0. The Morgan fingerprint density at radius 3 is 2.72 bits per heavy atom. The summed E-state index contributed by atoms with van der Waals surface area (Å²) in [5.74, 6) is 1.04. The molecule has 2 aliphatic rings. The van der Waals surface area contributed by atoms with Crippen LogP contribution in [0.3, 0.4) is 0 Å². The van der Waals surface area contributed by atoms with Crippen LogP contribution in [-0.2, 0) is 4.74 Å². The Bertz CT molecular complexity index is 759. The largest absolute Gasteiger partial charge is 0.378 e. The van der Waals surface area contributed by atoms with Gasteiger partial charge < -0.3 is 15.0 Å². The maximum atomic E-state index is 13.0. The fraction of sp³-hybridized carbons (Fsp3) is 0.350. The van der Waals surface area contributed by atoms with Crippen LogP contribution in [0.1, 0.15) is 28.4 Å². The summed E-state index contributed by atoms with van der Waals surface area (Å²) >= 11 is 1.87. The SMILES string of the molecule is O=C(N[C@@H]1CCSc2ccccc21)c1ccccc1N1CCOCC1. The Hall–Kier alpha value is -1.98. The Morgan fingerprint density at radius 2 is 1.84 bits per heavy atom. The number of hydrogen-bond acceptors (Lipinski definition) is 4. The third-order valence-corrected chi connectivity index (χ3v) is 5.89. The van der Waals surface area contributed by atoms with Gasteiger partial charge in [0.05, 0.1) is 24.8 Å². The van der Waals surface area contributed by atoms with Gasteiger partial charge in [0.25, 0.3) is 5.91 Å². The van der Waals surface area contributed by atoms with Gasteiger partial charge in [0.15, 0.2) is 0 Å². The van der Waals surface area contributed by atoms with Crippen molar-refractivity contribution in [2.45, 2.75) is 17.4 Å². The number of morpholine rings is 1. The number of nitrogens with one attached hydrogen (secondary N) is 1. The number of carbonyl (C=O) groups excluding carboxylic acids is 1. The van der Waals surface area contributed by atoms with Gasteiger partial charge in [-0.3, -0.25) is 4.79 Å². The fourth-order valence-electron chi connectivity index (χ4n) is 3.47. The topological polar surface area (TPSA) is 41.6 Å². The van der Waals surface area contributed by atoms with E-state index in [0.717, 1.165) is 36.5 Å². The molecule has 2 aliphatic heterocycles. The van der Waals surface area contributed by atoms with Crippen LogP contribution < -0.4 is 10.2 Å². The first-order chi connectivity index (χ1) is 12.3. The summed E-state index contributed by atoms with van der Waals surface area (Å²) in [6.07, 6.45) is 0.965. The first kappa shape index (κ1) is 16.5. The molecular weight excluding hydrogens is 332 g/mol. The number of thioether (sulfide) groups is 1. The number of fused-ring (bicyclic) bond motifs is 1. The number of hydrogen-bond donors (Lipinski definition) is 1. The second-order valence-corrected chi connectivity index (χ2v) is 7.45. The lowest BCUT2D eigenvalue weighted by molar-refractivity contribution is 0.0933. The average molecular weight is 354 g/mol. The van der Waals surface area contributed by atoms with Crippen molar-refractivity contribution in [1.82, 2.24) is 5.32 Å². The molecule has 0 aliphatic carbocycles. The molecule has 1 atom stereocenters. The van der Waals surface area contributed by atoms with Crippen molar-refractivity contribution >= 4 is 23.4 Å². The number of carbonyl (C=O) groups is 1. The highest BCUT2D eigenvalue weighted by atomic mass is 32.2. The van der Waals surface area contributed by atoms with Gasteiger partial charge >= 0.3 is 0 Å². The molecule has 4 rings (SSSR count). The molecular formula is C20H22N2O2S. The Balaban J connectivity index is 1.56. The molecule has 2 heterocycles. The van der Waals surface area contributed by atoms with Crippen LogP contribution in [0.5, 0.6) is 0 Å². The lowest BCUT2D eigenvalue weighted by Gasteiger charge is -2.31. The molecule has 0 aromatic heterocycles. The van der Waals surface area contributed by atoms with E-state index in [1.807, 2.05) is 42.1 Å². The van der Waals surface area contributed by atoms with Crippen LogP contribution in [0.4, 0.5) is 5.69 Å². The lowest BCUT2D eigenvalue weighted by Crippen LogP contribution is -2.38. The van der Waals surface area contributed by atoms with E-state index in [0.29, 0.717) is 13.2 Å². The smallest absolute Gasteiger partial charge is 0.253 e. The van der Waals surface area contributed by atoms with E-state index in [1.165, 1.54) is 10.5 Å². The van der Waals surface area contributed by atoms with Gasteiger partial charge in [-0.15, -0.1) is 11.8 Å². The zero-order valence-corrected chi connectivity index (χ0v) is 14.9. The number of ether oxygens (including phenoxy) is 1. The van der Waals surface area contributed by atoms with E-state index in [2.05, 4.69) is 28.4 Å². The number of rotatable bonds is 3. The van der Waals surface area contributed by atoms with Crippen LogP contribution in [0, 0.1) is 0 Å². The summed E-state index contributed by atoms with van der Waals surface area (Å²) in [6, 6.07) is 16.3. The molecule has 2 aromatic rings. The highest BCUT2D eigenvalue weighted by molar-refractivity contribution is 7.99. The quantitative estimate of drug-likeness (QED) is 0.916. The van der Waals surface area contributed by atoms with Crippen LogP contribution in [0.25, 0.3) is 0 Å². The number of nitrogens with zero attached hydrogens (tertiary/aromatic N) is 1. The van der Waals surface area contributed by atoms with Gasteiger partial charge in [0.2, 0.25) is 0 Å². The predicted molar refractivity (Wildman–Crippen MR) is 101 cm³/mol. The molecule has 130 valence electrons. The second-order valence-electron chi connectivity index (χ2n) is 6.32. The standard InChI is InChI=1S/C20H22N2O2S/c23-20(21-17-9-14-25-19-8-4-2-5-15(17)19)16-6-1-3-7-18(16)22-10-12-24-13-11-22/h1-8,17H,9-14H2,(H,21,23)/t17-/m1/s1. The highest BCUT2D eigenvalue weighted by Gasteiger charge is 2.24. The summed E-state index contributed by atoms with van der Waals surface area (Å²) in [4.78, 5) is 16.5. The van der Waals surface area contributed by atoms with Gasteiger partial charge in [-0.1, -0.05) is 30.3 Å². The van der Waals surface area contributed by atoms with Gasteiger partial charge in [0.1, 0.15) is 0 Å². The van der Waals surface area contributed by atoms with E-state index in [4.69, 9.17) is 4.74 Å². The third kappa shape index (κ3) is 3.53. The minimum atomic E-state index is 0.00814. The van der Waals surface area contributed by atoms with Crippen molar-refractivity contribution in [3.05, 3.63) is 59.7 Å². The normalized spacial score (nSPS) is 20.0. The summed E-state index contributed by atoms with van der Waals surface area (Å²) in [5.41, 5.74) is 2.98. The van der Waals surface area contributed by atoms with Crippen molar-refractivity contribution in [2.75, 3.05) is 37.0 Å². The summed E-state index contributed by atoms with van der Waals surface area (Å²) in [6.45, 7) is 3.08. The van der Waals surface area contributed by atoms with Gasteiger partial charge in [0, 0.05) is 29.4 Å². The summed E-state index contributed by atoms with van der Waals surface area (Å²) in [5, 5.41) is 3.26. The van der Waals surface area contributed by atoms with Crippen LogP contribution >= 0.6 is 11.8 Å². The highest BCUT2D eigenvalue weighted by Crippen LogP contribution is 2.36. The molecule has 1 N–H and O–H groups in total. The zero-order valence-electron chi connectivity index (χ0n) is 14.1. The minimum Gasteiger partial charge on any atom is -0.378 e. The van der Waals surface area contributed by atoms with E-state index in [1.54, 1.807) is 0 Å². The van der Waals surface area contributed by atoms with Gasteiger partial charge in [-0.05, 0) is 30.2 Å². The van der Waals surface area contributed by atoms with E-state index in [-0.39, 0.29) is 11.9 Å². The molecule has 25 heavy (non-hydrogen) atoms. The van der Waals surface area contributed by atoms with Gasteiger partial charge in [-0.25, -0.2) is 0 Å². The minimum absolute atomic E-state index is 0.00814. The first-order valence-electron chi connectivity index (χ1n) is 8.77. The van der Waals surface area contributed by atoms with E-state index < -0.39 is 0 Å². The van der Waals surface area contributed by atoms with E-state index in [9.17, 15) is 4.79 Å². The molecule has 5 heteroatoms. The van der Waals surface area contributed by atoms with Gasteiger partial charge in [-0.2, -0.15) is 0 Å². The van der Waals surface area contributed by atoms with Crippen molar-refractivity contribution in [3.63, 3.8) is 0 Å². The third-order valence-electron chi connectivity index (χ3n) is 4.76. The number of para-hydroxylation sites is 1. The molecule has 0 radical (unpaired) electrons. The van der Waals surface area contributed by atoms with E-state index >= 15 is 0 Å². The molecule has 2 aromatic carbocycles. The van der Waals surface area contributed by atoms with Crippen molar-refractivity contribution < 1.29 is 9.53 Å². The number of anilines is 1. The molecule has 0 bridgehead atoms. The Labute approximate surface area is 152 Å². The Morgan fingerprint density at radius 1 is 1.08 bits per heavy atom. The van der Waals surface area contributed by atoms with Crippen molar-refractivity contribution in [3.8, 4) is 0 Å². The predicted octanol–water partition coefficient (Wildman–Crippen LogP) is 3.49. The zero-order chi connectivity index (χ0) is 17.1. The molecule has 0 saturated carbocycles. The fourth-order valence-corrected chi connectivity index (χ4v) is 4.60. The van der Waals surface area contributed by atoms with Crippen molar-refractivity contribution in [1.29, 1.82) is 0 Å². The second kappa shape index (κ2) is 7.50. The molecule has 1 fully saturated rings. The Kier molecular flexibility index (Phi) is 4.95.